The summed E-state index contributed by atoms with van der Waals surface area (Å²) in [6, 6.07) is 30.5. The molecule has 0 heterocycles. The Bertz CT molecular complexity index is 1990. The molecule has 5 aromatic rings. The van der Waals surface area contributed by atoms with Crippen molar-refractivity contribution in [3.8, 4) is 22.6 Å². The Morgan fingerprint density at radius 1 is 0.535 bits per heavy atom. The van der Waals surface area contributed by atoms with Crippen molar-refractivity contribution in [3.05, 3.63) is 136 Å². The third-order valence-electron chi connectivity index (χ3n) is 6.50. The van der Waals surface area contributed by atoms with Gasteiger partial charge in [0.05, 0.1) is 21.4 Å². The van der Waals surface area contributed by atoms with Crippen molar-refractivity contribution in [2.75, 3.05) is 5.43 Å². The molecular weight excluding hydrogens is 631 g/mol. The maximum Gasteiger partial charge on any atom is 0.339 e. The summed E-state index contributed by atoms with van der Waals surface area (Å²) >= 11 is 12.2. The summed E-state index contributed by atoms with van der Waals surface area (Å²) in [5.41, 5.74) is 6.15. The Labute approximate surface area is 258 Å². The molecule has 43 heavy (non-hydrogen) atoms. The molecule has 0 aromatic heterocycles. The van der Waals surface area contributed by atoms with Crippen LogP contribution < -0.4 is 13.8 Å². The molecule has 0 aliphatic heterocycles. The number of nitrogens with one attached hydrogen (secondary N) is 1. The Balaban J connectivity index is 1.43. The third-order valence-corrected chi connectivity index (χ3v) is 9.59. The van der Waals surface area contributed by atoms with E-state index in [9.17, 15) is 16.8 Å². The average Bonchev–Trinajstić information content (AvgIpc) is 3.31. The lowest BCUT2D eigenvalue weighted by Crippen LogP contribution is -2.12. The predicted molar refractivity (Wildman–Crippen MR) is 166 cm³/mol. The second kappa shape index (κ2) is 11.4. The first-order valence-corrected chi connectivity index (χ1v) is 16.3. The molecule has 0 amide bonds. The number of nitrogens with zero attached hydrogens (tertiary/aromatic N) is 1. The van der Waals surface area contributed by atoms with Crippen LogP contribution in [-0.4, -0.2) is 22.5 Å². The predicted octanol–water partition coefficient (Wildman–Crippen LogP) is 7.37. The van der Waals surface area contributed by atoms with Crippen LogP contribution in [0.1, 0.15) is 11.1 Å². The summed E-state index contributed by atoms with van der Waals surface area (Å²) in [5, 5.41) is 4.85. The molecule has 0 radical (unpaired) electrons. The first kappa shape index (κ1) is 28.8. The number of rotatable bonds is 8. The van der Waals surface area contributed by atoms with Crippen molar-refractivity contribution < 1.29 is 25.2 Å². The summed E-state index contributed by atoms with van der Waals surface area (Å²) in [5.74, 6) is -0.0260. The van der Waals surface area contributed by atoms with Crippen LogP contribution in [0.15, 0.2) is 130 Å². The van der Waals surface area contributed by atoms with Gasteiger partial charge in [-0.1, -0.05) is 77.8 Å². The Morgan fingerprint density at radius 3 is 1.44 bits per heavy atom. The number of para-hydroxylation sites is 3. The van der Waals surface area contributed by atoms with Crippen molar-refractivity contribution in [1.82, 2.24) is 0 Å². The van der Waals surface area contributed by atoms with Crippen molar-refractivity contribution in [3.63, 3.8) is 0 Å². The molecule has 0 atom stereocenters. The van der Waals surface area contributed by atoms with Crippen LogP contribution in [0.25, 0.3) is 11.1 Å². The molecule has 8 nitrogen and oxygen atoms in total. The zero-order chi connectivity index (χ0) is 30.2. The van der Waals surface area contributed by atoms with Gasteiger partial charge in [0.15, 0.2) is 11.5 Å². The first-order chi connectivity index (χ1) is 20.6. The molecule has 0 unspecified atom stereocenters. The van der Waals surface area contributed by atoms with Crippen molar-refractivity contribution in [1.29, 1.82) is 0 Å². The quantitative estimate of drug-likeness (QED) is 0.135. The molecule has 0 spiro atoms. The molecule has 1 aliphatic carbocycles. The van der Waals surface area contributed by atoms with Crippen molar-refractivity contribution >= 4 is 54.8 Å². The van der Waals surface area contributed by atoms with E-state index in [1.165, 1.54) is 48.5 Å². The smallest absolute Gasteiger partial charge is 0.339 e. The zero-order valence-electron chi connectivity index (χ0n) is 21.9. The van der Waals surface area contributed by atoms with Gasteiger partial charge in [0.1, 0.15) is 9.79 Å². The minimum atomic E-state index is -4.29. The summed E-state index contributed by atoms with van der Waals surface area (Å²) < 4.78 is 63.7. The number of hydrogen-bond donors (Lipinski definition) is 1. The van der Waals surface area contributed by atoms with Crippen LogP contribution in [0.2, 0.25) is 10.0 Å². The number of benzene rings is 5. The SMILES string of the molecule is O=S(=O)(Oc1ccccc1Cl)c1ccc2c(c1)C(=NNc1ccccc1)c1cc(S(=O)(=O)Oc3ccccc3Cl)ccc1-2. The number of anilines is 1. The standard InChI is InChI=1S/C31H20Cl2N2O6S2/c32-27-10-4-6-12-29(27)40-42(36,37)21-14-16-23-24-17-15-22(43(38,39)41-30-13-7-5-11-28(30)33)19-26(24)31(25(23)18-21)35-34-20-8-2-1-3-9-20/h1-19,34H. The molecule has 0 bridgehead atoms. The molecule has 216 valence electrons. The molecule has 5 aromatic carbocycles. The lowest BCUT2D eigenvalue weighted by atomic mass is 10.1. The average molecular weight is 652 g/mol. The lowest BCUT2D eigenvalue weighted by molar-refractivity contribution is 0.484. The van der Waals surface area contributed by atoms with Crippen LogP contribution >= 0.6 is 23.2 Å². The second-order valence-electron chi connectivity index (χ2n) is 9.29. The monoisotopic (exact) mass is 650 g/mol. The van der Waals surface area contributed by atoms with E-state index in [4.69, 9.17) is 31.6 Å². The summed E-state index contributed by atoms with van der Waals surface area (Å²) in [7, 11) is -8.59. The maximum atomic E-state index is 13.3. The molecule has 0 fully saturated rings. The van der Waals surface area contributed by atoms with E-state index < -0.39 is 20.2 Å². The topological polar surface area (TPSA) is 111 Å². The number of halogens is 2. The van der Waals surface area contributed by atoms with Gasteiger partial charge in [0.25, 0.3) is 0 Å². The molecule has 6 rings (SSSR count). The van der Waals surface area contributed by atoms with Gasteiger partial charge in [-0.3, -0.25) is 5.43 Å². The lowest BCUT2D eigenvalue weighted by Gasteiger charge is -2.10. The summed E-state index contributed by atoms with van der Waals surface area (Å²) in [4.78, 5) is -0.275. The highest BCUT2D eigenvalue weighted by molar-refractivity contribution is 7.87. The van der Waals surface area contributed by atoms with Crippen LogP contribution in [-0.2, 0) is 20.2 Å². The molecule has 12 heteroatoms. The van der Waals surface area contributed by atoms with Gasteiger partial charge in [0.2, 0.25) is 0 Å². The Morgan fingerprint density at radius 2 is 0.977 bits per heavy atom. The normalized spacial score (nSPS) is 12.3. The van der Waals surface area contributed by atoms with E-state index in [1.807, 2.05) is 18.2 Å². The summed E-state index contributed by atoms with van der Waals surface area (Å²) in [6.45, 7) is 0. The van der Waals surface area contributed by atoms with Gasteiger partial charge in [-0.2, -0.15) is 21.9 Å². The first-order valence-electron chi connectivity index (χ1n) is 12.7. The van der Waals surface area contributed by atoms with Crippen LogP contribution in [0, 0.1) is 0 Å². The van der Waals surface area contributed by atoms with Gasteiger partial charge in [-0.25, -0.2) is 0 Å². The molecule has 1 N–H and O–H groups in total. The van der Waals surface area contributed by atoms with Crippen LogP contribution in [0.3, 0.4) is 0 Å². The molecular formula is C31H20Cl2N2O6S2. The fourth-order valence-electron chi connectivity index (χ4n) is 4.48. The highest BCUT2D eigenvalue weighted by Crippen LogP contribution is 2.40. The van der Waals surface area contributed by atoms with Gasteiger partial charge in [0, 0.05) is 11.1 Å². The largest absolute Gasteiger partial charge is 0.377 e. The number of hydrogen-bond acceptors (Lipinski definition) is 8. The third kappa shape index (κ3) is 5.82. The molecule has 0 saturated heterocycles. The van der Waals surface area contributed by atoms with Gasteiger partial charge >= 0.3 is 20.2 Å². The second-order valence-corrected chi connectivity index (χ2v) is 13.2. The highest BCUT2D eigenvalue weighted by atomic mass is 35.5. The van der Waals surface area contributed by atoms with E-state index in [2.05, 4.69) is 10.5 Å². The Hall–Kier alpha value is -4.35. The van der Waals surface area contributed by atoms with E-state index >= 15 is 0 Å². The van der Waals surface area contributed by atoms with Crippen LogP contribution in [0.5, 0.6) is 11.5 Å². The van der Waals surface area contributed by atoms with E-state index in [-0.39, 0.29) is 31.3 Å². The van der Waals surface area contributed by atoms with Crippen LogP contribution in [0.4, 0.5) is 5.69 Å². The van der Waals surface area contributed by atoms with Crippen molar-refractivity contribution in [2.24, 2.45) is 5.10 Å². The minimum absolute atomic E-state index is 0.0130. The Kier molecular flexibility index (Phi) is 7.61. The van der Waals surface area contributed by atoms with Crippen molar-refractivity contribution in [2.45, 2.75) is 9.79 Å². The highest BCUT2D eigenvalue weighted by Gasteiger charge is 2.31. The van der Waals surface area contributed by atoms with Gasteiger partial charge in [-0.05, 0) is 71.8 Å². The summed E-state index contributed by atoms with van der Waals surface area (Å²) in [6.07, 6.45) is 0. The molecule has 0 saturated carbocycles. The minimum Gasteiger partial charge on any atom is -0.377 e. The number of hydrazone groups is 1. The van der Waals surface area contributed by atoms with E-state index in [0.717, 1.165) is 0 Å². The zero-order valence-corrected chi connectivity index (χ0v) is 25.1. The van der Waals surface area contributed by atoms with E-state index in [0.29, 0.717) is 33.7 Å². The van der Waals surface area contributed by atoms with E-state index in [1.54, 1.807) is 48.5 Å². The maximum absolute atomic E-state index is 13.3. The van der Waals surface area contributed by atoms with Gasteiger partial charge in [-0.15, -0.1) is 0 Å². The molecule has 1 aliphatic rings. The fraction of sp³-hybridized carbons (Fsp3) is 0. The van der Waals surface area contributed by atoms with Gasteiger partial charge < -0.3 is 8.37 Å². The number of fused-ring (bicyclic) bond motifs is 3. The fourth-order valence-corrected chi connectivity index (χ4v) is 6.87.